The first-order valence-electron chi connectivity index (χ1n) is 4.56. The van der Waals surface area contributed by atoms with Crippen LogP contribution in [0, 0.1) is 12.3 Å². The third-order valence-corrected chi connectivity index (χ3v) is 2.33. The lowest BCUT2D eigenvalue weighted by atomic mass is 9.99. The standard InChI is InChI=1S/C11H14N/c1-2-4-10(5-3-1)8-11-6-7-12-9-11/h1-5,8,11-12H,6-7,9H2. The fourth-order valence-electron chi connectivity index (χ4n) is 1.66. The molecule has 0 saturated carbocycles. The Balaban J connectivity index is 1.94. The molecular formula is C11H14N. The Morgan fingerprint density at radius 2 is 2.08 bits per heavy atom. The van der Waals surface area contributed by atoms with Crippen LogP contribution in [0.2, 0.25) is 0 Å². The lowest BCUT2D eigenvalue weighted by Crippen LogP contribution is -2.09. The van der Waals surface area contributed by atoms with Gasteiger partial charge in [-0.1, -0.05) is 30.3 Å². The summed E-state index contributed by atoms with van der Waals surface area (Å²) in [6.45, 7) is 2.32. The fraction of sp³-hybridized carbons (Fsp3) is 0.364. The minimum atomic E-state index is 0.743. The topological polar surface area (TPSA) is 12.0 Å². The van der Waals surface area contributed by atoms with Crippen LogP contribution in [0.25, 0.3) is 0 Å². The Hall–Kier alpha value is -0.820. The molecule has 0 aromatic heterocycles. The van der Waals surface area contributed by atoms with Crippen molar-refractivity contribution in [1.29, 1.82) is 0 Å². The Labute approximate surface area is 73.8 Å². The van der Waals surface area contributed by atoms with E-state index in [1.807, 2.05) is 0 Å². The second-order valence-electron chi connectivity index (χ2n) is 3.33. The van der Waals surface area contributed by atoms with Gasteiger partial charge in [-0.05, 0) is 37.4 Å². The van der Waals surface area contributed by atoms with Crippen molar-refractivity contribution in [3.05, 3.63) is 42.3 Å². The first-order valence-corrected chi connectivity index (χ1v) is 4.56. The summed E-state index contributed by atoms with van der Waals surface area (Å²) in [5, 5.41) is 3.36. The van der Waals surface area contributed by atoms with E-state index < -0.39 is 0 Å². The highest BCUT2D eigenvalue weighted by molar-refractivity contribution is 5.23. The average Bonchev–Trinajstić information content (AvgIpc) is 2.59. The molecule has 0 bridgehead atoms. The summed E-state index contributed by atoms with van der Waals surface area (Å²) in [7, 11) is 0. The maximum absolute atomic E-state index is 3.36. The molecule has 1 heterocycles. The van der Waals surface area contributed by atoms with Gasteiger partial charge < -0.3 is 5.32 Å². The molecule has 1 aromatic rings. The summed E-state index contributed by atoms with van der Waals surface area (Å²) >= 11 is 0. The smallest absolute Gasteiger partial charge is 0.00140 e. The van der Waals surface area contributed by atoms with Crippen LogP contribution in [0.5, 0.6) is 0 Å². The van der Waals surface area contributed by atoms with Crippen molar-refractivity contribution in [2.45, 2.75) is 6.42 Å². The summed E-state index contributed by atoms with van der Waals surface area (Å²) in [6.07, 6.45) is 3.65. The van der Waals surface area contributed by atoms with Crippen LogP contribution < -0.4 is 5.32 Å². The Bertz CT molecular complexity index is 224. The van der Waals surface area contributed by atoms with Gasteiger partial charge in [-0.15, -0.1) is 0 Å². The van der Waals surface area contributed by atoms with Crippen LogP contribution in [0.3, 0.4) is 0 Å². The van der Waals surface area contributed by atoms with Gasteiger partial charge in [-0.3, -0.25) is 0 Å². The maximum atomic E-state index is 3.36. The van der Waals surface area contributed by atoms with Crippen molar-refractivity contribution in [3.8, 4) is 0 Å². The van der Waals surface area contributed by atoms with Gasteiger partial charge in [0.15, 0.2) is 0 Å². The number of benzene rings is 1. The molecule has 1 saturated heterocycles. The van der Waals surface area contributed by atoms with Gasteiger partial charge in [0.2, 0.25) is 0 Å². The Morgan fingerprint density at radius 1 is 1.25 bits per heavy atom. The molecule has 1 fully saturated rings. The largest absolute Gasteiger partial charge is 0.316 e. The minimum absolute atomic E-state index is 0.743. The van der Waals surface area contributed by atoms with Crippen molar-refractivity contribution in [2.75, 3.05) is 13.1 Å². The van der Waals surface area contributed by atoms with Gasteiger partial charge in [-0.2, -0.15) is 0 Å². The van der Waals surface area contributed by atoms with Gasteiger partial charge in [0.05, 0.1) is 0 Å². The molecule has 1 aliphatic rings. The summed E-state index contributed by atoms with van der Waals surface area (Å²) in [6, 6.07) is 10.6. The second-order valence-corrected chi connectivity index (χ2v) is 3.33. The molecule has 12 heavy (non-hydrogen) atoms. The molecule has 0 amide bonds. The molecule has 63 valence electrons. The maximum Gasteiger partial charge on any atom is -0.00140 e. The molecule has 1 N–H and O–H groups in total. The molecule has 2 rings (SSSR count). The van der Waals surface area contributed by atoms with Gasteiger partial charge in [-0.25, -0.2) is 0 Å². The van der Waals surface area contributed by atoms with E-state index in [0.717, 1.165) is 12.5 Å². The second kappa shape index (κ2) is 3.72. The molecular weight excluding hydrogens is 146 g/mol. The molecule has 1 nitrogen and oxygen atoms in total. The van der Waals surface area contributed by atoms with Crippen molar-refractivity contribution in [2.24, 2.45) is 5.92 Å². The number of nitrogens with one attached hydrogen (secondary N) is 1. The van der Waals surface area contributed by atoms with E-state index in [4.69, 9.17) is 0 Å². The quantitative estimate of drug-likeness (QED) is 0.696. The number of hydrogen-bond donors (Lipinski definition) is 1. The van der Waals surface area contributed by atoms with Crippen molar-refractivity contribution in [3.63, 3.8) is 0 Å². The van der Waals surface area contributed by atoms with E-state index in [9.17, 15) is 0 Å². The molecule has 1 heteroatoms. The van der Waals surface area contributed by atoms with E-state index in [1.54, 1.807) is 0 Å². The zero-order chi connectivity index (χ0) is 8.23. The average molecular weight is 160 g/mol. The Kier molecular flexibility index (Phi) is 2.42. The van der Waals surface area contributed by atoms with Gasteiger partial charge in [0, 0.05) is 0 Å². The molecule has 1 radical (unpaired) electrons. The highest BCUT2D eigenvalue weighted by Crippen LogP contribution is 2.16. The van der Waals surface area contributed by atoms with Crippen molar-refractivity contribution < 1.29 is 0 Å². The van der Waals surface area contributed by atoms with E-state index in [0.29, 0.717) is 0 Å². The summed E-state index contributed by atoms with van der Waals surface area (Å²) < 4.78 is 0. The minimum Gasteiger partial charge on any atom is -0.316 e. The van der Waals surface area contributed by atoms with Crippen molar-refractivity contribution in [1.82, 2.24) is 5.32 Å². The predicted octanol–water partition coefficient (Wildman–Crippen LogP) is 1.85. The lowest BCUT2D eigenvalue weighted by molar-refractivity contribution is 0.686. The third kappa shape index (κ3) is 1.86. The van der Waals surface area contributed by atoms with E-state index in [-0.39, 0.29) is 0 Å². The summed E-state index contributed by atoms with van der Waals surface area (Å²) in [5.41, 5.74) is 1.35. The zero-order valence-electron chi connectivity index (χ0n) is 7.16. The van der Waals surface area contributed by atoms with Crippen LogP contribution in [0.1, 0.15) is 12.0 Å². The van der Waals surface area contributed by atoms with Crippen LogP contribution in [0.15, 0.2) is 30.3 Å². The highest BCUT2D eigenvalue weighted by Gasteiger charge is 2.14. The Morgan fingerprint density at radius 3 is 2.75 bits per heavy atom. The molecule has 0 aliphatic carbocycles. The molecule has 1 atom stereocenters. The molecule has 1 aromatic carbocycles. The van der Waals surface area contributed by atoms with Crippen LogP contribution in [-0.2, 0) is 0 Å². The molecule has 1 aliphatic heterocycles. The van der Waals surface area contributed by atoms with E-state index >= 15 is 0 Å². The van der Waals surface area contributed by atoms with Gasteiger partial charge >= 0.3 is 0 Å². The number of rotatable bonds is 2. The lowest BCUT2D eigenvalue weighted by Gasteiger charge is -2.06. The predicted molar refractivity (Wildman–Crippen MR) is 50.8 cm³/mol. The third-order valence-electron chi connectivity index (χ3n) is 2.33. The van der Waals surface area contributed by atoms with Crippen LogP contribution in [0.4, 0.5) is 0 Å². The van der Waals surface area contributed by atoms with Gasteiger partial charge in [0.1, 0.15) is 0 Å². The first kappa shape index (κ1) is 7.81. The SMILES string of the molecule is [CH](c1ccccc1)C1CCNC1. The monoisotopic (exact) mass is 160 g/mol. The normalized spacial score (nSPS) is 22.8. The van der Waals surface area contributed by atoms with Gasteiger partial charge in [0.25, 0.3) is 0 Å². The highest BCUT2D eigenvalue weighted by atomic mass is 14.9. The fourth-order valence-corrected chi connectivity index (χ4v) is 1.66. The van der Waals surface area contributed by atoms with Crippen LogP contribution in [-0.4, -0.2) is 13.1 Å². The molecule has 0 spiro atoms. The first-order chi connectivity index (χ1) is 5.95. The summed E-state index contributed by atoms with van der Waals surface area (Å²) in [4.78, 5) is 0. The molecule has 1 unspecified atom stereocenters. The van der Waals surface area contributed by atoms with E-state index in [1.165, 1.54) is 18.5 Å². The van der Waals surface area contributed by atoms with E-state index in [2.05, 4.69) is 42.1 Å². The van der Waals surface area contributed by atoms with Crippen molar-refractivity contribution >= 4 is 0 Å². The number of hydrogen-bond acceptors (Lipinski definition) is 1. The zero-order valence-corrected chi connectivity index (χ0v) is 7.16. The van der Waals surface area contributed by atoms with Crippen LogP contribution >= 0.6 is 0 Å². The summed E-state index contributed by atoms with van der Waals surface area (Å²) in [5.74, 6) is 0.743.